The third kappa shape index (κ3) is 4.29. The van der Waals surface area contributed by atoms with Gasteiger partial charge in [0.15, 0.2) is 11.6 Å². The zero-order valence-electron chi connectivity index (χ0n) is 12.3. The third-order valence-electron chi connectivity index (χ3n) is 3.05. The van der Waals surface area contributed by atoms with Gasteiger partial charge < -0.3 is 14.4 Å². The number of H-pyrrole nitrogens is 1. The number of rotatable bonds is 8. The quantitative estimate of drug-likeness (QED) is 0.806. The topological polar surface area (TPSA) is 67.5 Å². The molecule has 0 aliphatic carbocycles. The van der Waals surface area contributed by atoms with Gasteiger partial charge in [-0.3, -0.25) is 9.89 Å². The Balaban J connectivity index is 1.92. The number of para-hydroxylation sites is 1. The van der Waals surface area contributed by atoms with Gasteiger partial charge in [-0.05, 0) is 12.1 Å². The molecular weight excluding hydrogens is 289 g/mol. The minimum absolute atomic E-state index is 0.171. The number of methoxy groups -OCH3 is 1. The Morgan fingerprint density at radius 1 is 1.32 bits per heavy atom. The Hall–Kier alpha value is -2.41. The van der Waals surface area contributed by atoms with Gasteiger partial charge in [0, 0.05) is 19.9 Å². The second-order valence-corrected chi connectivity index (χ2v) is 4.55. The van der Waals surface area contributed by atoms with Crippen molar-refractivity contribution in [2.24, 2.45) is 0 Å². The maximum Gasteiger partial charge on any atom is 0.257 e. The van der Waals surface area contributed by atoms with Crippen LogP contribution in [0.25, 0.3) is 0 Å². The molecular formula is C15H18FN3O3. The van der Waals surface area contributed by atoms with E-state index in [1.54, 1.807) is 30.2 Å². The highest BCUT2D eigenvalue weighted by Gasteiger charge is 2.16. The highest BCUT2D eigenvalue weighted by molar-refractivity contribution is 5.93. The Kier molecular flexibility index (Phi) is 5.91. The number of amides is 1. The van der Waals surface area contributed by atoms with Gasteiger partial charge >= 0.3 is 0 Å². The van der Waals surface area contributed by atoms with Crippen LogP contribution in [-0.4, -0.2) is 54.4 Å². The van der Waals surface area contributed by atoms with E-state index in [2.05, 4.69) is 10.2 Å². The third-order valence-corrected chi connectivity index (χ3v) is 3.05. The van der Waals surface area contributed by atoms with Crippen LogP contribution in [-0.2, 0) is 4.74 Å². The SMILES string of the molecule is COCCN(CCOc1ccccc1F)C(=O)c1cn[nH]c1. The fourth-order valence-corrected chi connectivity index (χ4v) is 1.89. The number of carbonyl (C=O) groups excluding carboxylic acids is 1. The maximum absolute atomic E-state index is 13.5. The molecule has 1 aromatic carbocycles. The summed E-state index contributed by atoms with van der Waals surface area (Å²) in [5.74, 6) is -0.431. The molecule has 0 unspecified atom stereocenters. The molecule has 1 heterocycles. The van der Waals surface area contributed by atoms with Crippen LogP contribution < -0.4 is 4.74 Å². The predicted octanol–water partition coefficient (Wildman–Crippen LogP) is 1.72. The van der Waals surface area contributed by atoms with Crippen LogP contribution in [0, 0.1) is 5.82 Å². The van der Waals surface area contributed by atoms with Crippen molar-refractivity contribution in [1.29, 1.82) is 0 Å². The van der Waals surface area contributed by atoms with Crippen molar-refractivity contribution in [3.8, 4) is 5.75 Å². The average molecular weight is 307 g/mol. The standard InChI is InChI=1S/C15H18FN3O3/c1-21-8-6-19(15(20)12-10-17-18-11-12)7-9-22-14-5-3-2-4-13(14)16/h2-5,10-11H,6-9H2,1H3,(H,17,18). The molecule has 0 aliphatic rings. The molecule has 2 aromatic rings. The van der Waals surface area contributed by atoms with Gasteiger partial charge in [0.25, 0.3) is 5.91 Å². The first kappa shape index (κ1) is 16.0. The molecule has 2 rings (SSSR count). The van der Waals surface area contributed by atoms with Gasteiger partial charge in [-0.15, -0.1) is 0 Å². The molecule has 6 nitrogen and oxygen atoms in total. The molecule has 0 saturated carbocycles. The van der Waals surface area contributed by atoms with Crippen LogP contribution >= 0.6 is 0 Å². The summed E-state index contributed by atoms with van der Waals surface area (Å²) in [7, 11) is 1.57. The molecule has 7 heteroatoms. The summed E-state index contributed by atoms with van der Waals surface area (Å²) < 4.78 is 23.8. The molecule has 0 atom stereocenters. The van der Waals surface area contributed by atoms with Crippen LogP contribution in [0.15, 0.2) is 36.7 Å². The molecule has 0 saturated heterocycles. The summed E-state index contributed by atoms with van der Waals surface area (Å²) in [6.45, 7) is 1.33. The number of ether oxygens (including phenoxy) is 2. The number of halogens is 1. The van der Waals surface area contributed by atoms with E-state index in [0.717, 1.165) is 0 Å². The number of carbonyl (C=O) groups is 1. The lowest BCUT2D eigenvalue weighted by molar-refractivity contribution is 0.0664. The van der Waals surface area contributed by atoms with E-state index < -0.39 is 5.82 Å². The summed E-state index contributed by atoms with van der Waals surface area (Å²) in [4.78, 5) is 13.9. The lowest BCUT2D eigenvalue weighted by Gasteiger charge is -2.22. The van der Waals surface area contributed by atoms with E-state index >= 15 is 0 Å². The number of hydrogen-bond donors (Lipinski definition) is 1. The largest absolute Gasteiger partial charge is 0.489 e. The van der Waals surface area contributed by atoms with Crippen LogP contribution in [0.4, 0.5) is 4.39 Å². The van der Waals surface area contributed by atoms with E-state index in [4.69, 9.17) is 9.47 Å². The molecule has 118 valence electrons. The fourth-order valence-electron chi connectivity index (χ4n) is 1.89. The minimum Gasteiger partial charge on any atom is -0.489 e. The number of hydrogen-bond acceptors (Lipinski definition) is 4. The normalized spacial score (nSPS) is 10.5. The van der Waals surface area contributed by atoms with Crippen molar-refractivity contribution in [3.05, 3.63) is 48.0 Å². The second kappa shape index (κ2) is 8.14. The van der Waals surface area contributed by atoms with Crippen LogP contribution in [0.1, 0.15) is 10.4 Å². The number of nitrogens with zero attached hydrogens (tertiary/aromatic N) is 2. The molecule has 0 fully saturated rings. The summed E-state index contributed by atoms with van der Waals surface area (Å²) >= 11 is 0. The van der Waals surface area contributed by atoms with Gasteiger partial charge in [0.2, 0.25) is 0 Å². The van der Waals surface area contributed by atoms with Gasteiger partial charge in [-0.2, -0.15) is 5.10 Å². The van der Waals surface area contributed by atoms with Gasteiger partial charge in [-0.1, -0.05) is 12.1 Å². The van der Waals surface area contributed by atoms with E-state index in [0.29, 0.717) is 25.3 Å². The average Bonchev–Trinajstić information content (AvgIpc) is 3.06. The molecule has 0 bridgehead atoms. The summed E-state index contributed by atoms with van der Waals surface area (Å²) in [6, 6.07) is 6.16. The molecule has 1 N–H and O–H groups in total. The van der Waals surface area contributed by atoms with Crippen molar-refractivity contribution in [3.63, 3.8) is 0 Å². The number of benzene rings is 1. The summed E-state index contributed by atoms with van der Waals surface area (Å²) in [6.07, 6.45) is 2.99. The van der Waals surface area contributed by atoms with Crippen molar-refractivity contribution in [2.75, 3.05) is 33.4 Å². The summed E-state index contributed by atoms with van der Waals surface area (Å²) in [5.41, 5.74) is 0.460. The number of aromatic amines is 1. The molecule has 0 aliphatic heterocycles. The van der Waals surface area contributed by atoms with E-state index in [1.165, 1.54) is 18.5 Å². The highest BCUT2D eigenvalue weighted by atomic mass is 19.1. The first-order valence-electron chi connectivity index (χ1n) is 6.86. The van der Waals surface area contributed by atoms with Crippen LogP contribution in [0.2, 0.25) is 0 Å². The highest BCUT2D eigenvalue weighted by Crippen LogP contribution is 2.15. The lowest BCUT2D eigenvalue weighted by atomic mass is 10.3. The van der Waals surface area contributed by atoms with Crippen LogP contribution in [0.5, 0.6) is 5.75 Å². The first-order chi connectivity index (χ1) is 10.7. The first-order valence-corrected chi connectivity index (χ1v) is 6.86. The molecule has 22 heavy (non-hydrogen) atoms. The van der Waals surface area contributed by atoms with Crippen LogP contribution in [0.3, 0.4) is 0 Å². The van der Waals surface area contributed by atoms with Crippen molar-refractivity contribution in [2.45, 2.75) is 0 Å². The molecule has 0 radical (unpaired) electrons. The smallest absolute Gasteiger partial charge is 0.257 e. The molecule has 0 spiro atoms. The van der Waals surface area contributed by atoms with Crippen molar-refractivity contribution < 1.29 is 18.7 Å². The van der Waals surface area contributed by atoms with Gasteiger partial charge in [0.1, 0.15) is 6.61 Å². The van der Waals surface area contributed by atoms with E-state index in [1.807, 2.05) is 0 Å². The number of aromatic nitrogens is 2. The molecule has 1 amide bonds. The molecule has 1 aromatic heterocycles. The Bertz CT molecular complexity index is 589. The summed E-state index contributed by atoms with van der Waals surface area (Å²) in [5, 5.41) is 6.36. The predicted molar refractivity (Wildman–Crippen MR) is 78.3 cm³/mol. The maximum atomic E-state index is 13.5. The van der Waals surface area contributed by atoms with Gasteiger partial charge in [0.05, 0.1) is 24.9 Å². The Morgan fingerprint density at radius 3 is 2.77 bits per heavy atom. The van der Waals surface area contributed by atoms with E-state index in [-0.39, 0.29) is 18.3 Å². The second-order valence-electron chi connectivity index (χ2n) is 4.55. The van der Waals surface area contributed by atoms with Crippen molar-refractivity contribution >= 4 is 5.91 Å². The Labute approximate surface area is 127 Å². The Morgan fingerprint density at radius 2 is 2.09 bits per heavy atom. The number of nitrogens with one attached hydrogen (secondary N) is 1. The van der Waals surface area contributed by atoms with Gasteiger partial charge in [-0.25, -0.2) is 4.39 Å². The zero-order valence-corrected chi connectivity index (χ0v) is 12.3. The monoisotopic (exact) mass is 307 g/mol. The lowest BCUT2D eigenvalue weighted by Crippen LogP contribution is -2.37. The minimum atomic E-state index is -0.424. The fraction of sp³-hybridized carbons (Fsp3) is 0.333. The zero-order chi connectivity index (χ0) is 15.8. The van der Waals surface area contributed by atoms with Crippen molar-refractivity contribution in [1.82, 2.24) is 15.1 Å². The van der Waals surface area contributed by atoms with E-state index in [9.17, 15) is 9.18 Å².